The van der Waals surface area contributed by atoms with Crippen LogP contribution in [0.4, 0.5) is 0 Å². The fraction of sp³-hybridized carbons (Fsp3) is 0.667. The van der Waals surface area contributed by atoms with Gasteiger partial charge in [0.2, 0.25) is 0 Å². The van der Waals surface area contributed by atoms with Crippen LogP contribution in [0.2, 0.25) is 0 Å². The van der Waals surface area contributed by atoms with E-state index in [2.05, 4.69) is 26.6 Å². The summed E-state index contributed by atoms with van der Waals surface area (Å²) in [6.07, 6.45) is 2.86. The maximum atomic E-state index is 6.15. The molecule has 0 aliphatic heterocycles. The van der Waals surface area contributed by atoms with Crippen LogP contribution in [-0.4, -0.2) is 26.2 Å². The zero-order valence-electron chi connectivity index (χ0n) is 5.82. The quantitative estimate of drug-likeness (QED) is 0.422. The minimum atomic E-state index is -1.75. The second-order valence-corrected chi connectivity index (χ2v) is 13.3. The van der Waals surface area contributed by atoms with Gasteiger partial charge in [-0.3, -0.25) is 0 Å². The number of halogens is 1. The van der Waals surface area contributed by atoms with E-state index < -0.39 is 5.96 Å². The van der Waals surface area contributed by atoms with Crippen LogP contribution in [0, 0.1) is 0 Å². The molecule has 0 atom stereocenters. The van der Waals surface area contributed by atoms with E-state index in [0.29, 0.717) is 0 Å². The van der Waals surface area contributed by atoms with E-state index in [-0.39, 0.29) is 0 Å². The Morgan fingerprint density at radius 3 is 1.88 bits per heavy atom. The molecule has 0 aromatic carbocycles. The maximum absolute atomic E-state index is 6.15. The molecule has 2 heteroatoms. The summed E-state index contributed by atoms with van der Waals surface area (Å²) in [6, 6.07) is 0. The molecule has 0 spiro atoms. The van der Waals surface area contributed by atoms with Crippen LogP contribution in [-0.2, 0) is 0 Å². The molecule has 0 aliphatic carbocycles. The van der Waals surface area contributed by atoms with Gasteiger partial charge < -0.3 is 0 Å². The van der Waals surface area contributed by atoms with Crippen molar-refractivity contribution in [3.8, 4) is 0 Å². The molecule has 0 aliphatic rings. The van der Waals surface area contributed by atoms with Crippen molar-refractivity contribution in [2.75, 3.05) is 26.2 Å². The first-order valence-electron chi connectivity index (χ1n) is 2.64. The Morgan fingerprint density at radius 2 is 1.88 bits per heavy atom. The summed E-state index contributed by atoms with van der Waals surface area (Å²) in [5.74, 6) is -1.75. The van der Waals surface area contributed by atoms with E-state index >= 15 is 0 Å². The zero-order valence-corrected chi connectivity index (χ0v) is 7.47. The van der Waals surface area contributed by atoms with Crippen molar-refractivity contribution in [1.82, 2.24) is 0 Å². The Hall–Kier alpha value is 0.460. The number of hydrogen-bond donors (Lipinski definition) is 0. The van der Waals surface area contributed by atoms with E-state index in [1.807, 2.05) is 6.08 Å². The average Bonchev–Trinajstić information content (AvgIpc) is 1.25. The topological polar surface area (TPSA) is 0 Å². The van der Waals surface area contributed by atoms with Crippen molar-refractivity contribution in [1.29, 1.82) is 0 Å². The van der Waals surface area contributed by atoms with Gasteiger partial charge in [-0.2, -0.15) is 0 Å². The SMILES string of the molecule is C=CCP(C)(C)(C)Cl. The minimum absolute atomic E-state index is 0.965. The van der Waals surface area contributed by atoms with Gasteiger partial charge in [-0.15, -0.1) is 0 Å². The molecule has 0 nitrogen and oxygen atoms in total. The summed E-state index contributed by atoms with van der Waals surface area (Å²) in [6.45, 7) is 10.00. The predicted octanol–water partition coefficient (Wildman–Crippen LogP) is 2.77. The van der Waals surface area contributed by atoms with Gasteiger partial charge in [0.1, 0.15) is 0 Å². The van der Waals surface area contributed by atoms with Gasteiger partial charge in [-0.25, -0.2) is 0 Å². The van der Waals surface area contributed by atoms with Crippen molar-refractivity contribution in [2.24, 2.45) is 0 Å². The van der Waals surface area contributed by atoms with Crippen LogP contribution in [0.5, 0.6) is 0 Å². The van der Waals surface area contributed by atoms with Gasteiger partial charge >= 0.3 is 56.0 Å². The molecule has 0 N–H and O–H groups in total. The van der Waals surface area contributed by atoms with Crippen molar-refractivity contribution < 1.29 is 0 Å². The van der Waals surface area contributed by atoms with Crippen molar-refractivity contribution in [3.63, 3.8) is 0 Å². The molecule has 0 unspecified atom stereocenters. The van der Waals surface area contributed by atoms with Crippen molar-refractivity contribution in [2.45, 2.75) is 0 Å². The van der Waals surface area contributed by atoms with E-state index in [0.717, 1.165) is 6.16 Å². The molecule has 0 radical (unpaired) electrons. The van der Waals surface area contributed by atoms with E-state index in [9.17, 15) is 0 Å². The Morgan fingerprint density at radius 1 is 1.50 bits per heavy atom. The van der Waals surface area contributed by atoms with E-state index in [1.165, 1.54) is 0 Å². The summed E-state index contributed by atoms with van der Waals surface area (Å²) in [4.78, 5) is 0. The first-order valence-corrected chi connectivity index (χ1v) is 7.31. The molecule has 0 fully saturated rings. The molecule has 0 bridgehead atoms. The van der Waals surface area contributed by atoms with Crippen LogP contribution in [0.3, 0.4) is 0 Å². The second kappa shape index (κ2) is 2.01. The third-order valence-corrected chi connectivity index (χ3v) is 2.65. The Balaban J connectivity index is 3.91. The molecule has 0 saturated carbocycles. The molecule has 0 rings (SSSR count). The van der Waals surface area contributed by atoms with Crippen LogP contribution < -0.4 is 0 Å². The molecule has 0 heterocycles. The Kier molecular flexibility index (Phi) is 2.12. The van der Waals surface area contributed by atoms with E-state index in [4.69, 9.17) is 11.2 Å². The molecule has 0 amide bonds. The van der Waals surface area contributed by atoms with Crippen LogP contribution in [0.25, 0.3) is 0 Å². The fourth-order valence-corrected chi connectivity index (χ4v) is 1.60. The number of hydrogen-bond acceptors (Lipinski definition) is 0. The van der Waals surface area contributed by atoms with Crippen molar-refractivity contribution >= 4 is 17.2 Å². The van der Waals surface area contributed by atoms with Crippen LogP contribution >= 0.6 is 17.2 Å². The van der Waals surface area contributed by atoms with Gasteiger partial charge in [-0.1, -0.05) is 0 Å². The molecule has 0 saturated heterocycles. The molecule has 8 heavy (non-hydrogen) atoms. The van der Waals surface area contributed by atoms with Crippen LogP contribution in [0.1, 0.15) is 0 Å². The third-order valence-electron chi connectivity index (χ3n) is 0.746. The summed E-state index contributed by atoms with van der Waals surface area (Å²) in [7, 11) is 0. The summed E-state index contributed by atoms with van der Waals surface area (Å²) in [5, 5.41) is 0. The number of allylic oxidation sites excluding steroid dienone is 1. The molecule has 0 aromatic rings. The average molecular weight is 153 g/mol. The second-order valence-electron chi connectivity index (χ2n) is 3.39. The molecule has 50 valence electrons. The van der Waals surface area contributed by atoms with Gasteiger partial charge in [0.25, 0.3) is 0 Å². The summed E-state index contributed by atoms with van der Waals surface area (Å²) < 4.78 is 0. The standard InChI is InChI=1S/C6H14ClP/c1-5-6-8(2,3,4)7/h5H,1,6H2,2-4H3. The van der Waals surface area contributed by atoms with Gasteiger partial charge in [0, 0.05) is 0 Å². The molecule has 0 aromatic heterocycles. The normalized spacial score (nSPS) is 16.8. The fourth-order valence-electron chi connectivity index (χ4n) is 0.436. The zero-order chi connectivity index (χ0) is 6.86. The monoisotopic (exact) mass is 152 g/mol. The molecular weight excluding hydrogens is 138 g/mol. The summed E-state index contributed by atoms with van der Waals surface area (Å²) in [5.41, 5.74) is 0. The first-order chi connectivity index (χ1) is 3.31. The Labute approximate surface area is 56.6 Å². The number of rotatable bonds is 2. The van der Waals surface area contributed by atoms with Crippen LogP contribution in [0.15, 0.2) is 12.7 Å². The summed E-state index contributed by atoms with van der Waals surface area (Å²) >= 11 is 6.15. The Bertz CT molecular complexity index is 89.6. The van der Waals surface area contributed by atoms with Gasteiger partial charge in [-0.05, 0) is 0 Å². The van der Waals surface area contributed by atoms with E-state index in [1.54, 1.807) is 0 Å². The third kappa shape index (κ3) is 6.46. The predicted molar refractivity (Wildman–Crippen MR) is 45.6 cm³/mol. The van der Waals surface area contributed by atoms with Gasteiger partial charge in [0.15, 0.2) is 0 Å². The molecular formula is C6H14ClP. The van der Waals surface area contributed by atoms with Crippen molar-refractivity contribution in [3.05, 3.63) is 12.7 Å². The first kappa shape index (κ1) is 8.46. The van der Waals surface area contributed by atoms with Gasteiger partial charge in [0.05, 0.1) is 0 Å².